The molecule has 0 bridgehead atoms. The molecule has 0 N–H and O–H groups in total. The van der Waals surface area contributed by atoms with Gasteiger partial charge in [-0.25, -0.2) is 0 Å². The molecule has 0 fully saturated rings. The molecule has 0 saturated carbocycles. The number of aromatic nitrogens is 1. The maximum atomic E-state index is 4.06. The van der Waals surface area contributed by atoms with Gasteiger partial charge in [0.15, 0.2) is 0 Å². The van der Waals surface area contributed by atoms with Crippen LogP contribution in [-0.2, 0) is 0 Å². The second-order valence-electron chi connectivity index (χ2n) is 3.14. The van der Waals surface area contributed by atoms with Crippen LogP contribution in [0.1, 0.15) is 11.1 Å². The topological polar surface area (TPSA) is 12.9 Å². The van der Waals surface area contributed by atoms with Gasteiger partial charge in [0.05, 0.1) is 0 Å². The lowest BCUT2D eigenvalue weighted by atomic mass is 10.2. The summed E-state index contributed by atoms with van der Waals surface area (Å²) >= 11 is 3.50. The van der Waals surface area contributed by atoms with Crippen LogP contribution < -0.4 is 0 Å². The van der Waals surface area contributed by atoms with Crippen molar-refractivity contribution in [3.05, 3.63) is 64.4 Å². The van der Waals surface area contributed by atoms with E-state index in [1.807, 2.05) is 42.6 Å². The number of halogens is 1. The first-order valence-electron chi connectivity index (χ1n) is 4.69. The van der Waals surface area contributed by atoms with Gasteiger partial charge >= 0.3 is 0 Å². The van der Waals surface area contributed by atoms with Crippen molar-refractivity contribution in [3.8, 4) is 0 Å². The number of hydrogen-bond acceptors (Lipinski definition) is 1. The summed E-state index contributed by atoms with van der Waals surface area (Å²) in [5, 5.41) is 0. The van der Waals surface area contributed by atoms with Gasteiger partial charge in [-0.1, -0.05) is 52.3 Å². The molecule has 2 rings (SSSR count). The van der Waals surface area contributed by atoms with Gasteiger partial charge in [-0.3, -0.25) is 4.98 Å². The predicted molar refractivity (Wildman–Crippen MR) is 67.3 cm³/mol. The van der Waals surface area contributed by atoms with E-state index >= 15 is 0 Å². The Labute approximate surface area is 97.6 Å². The fourth-order valence-electron chi connectivity index (χ4n) is 1.27. The van der Waals surface area contributed by atoms with Crippen LogP contribution >= 0.6 is 15.9 Å². The average Bonchev–Trinajstić information content (AvgIpc) is 2.29. The molecule has 0 aliphatic heterocycles. The maximum absolute atomic E-state index is 4.06. The monoisotopic (exact) mass is 259 g/mol. The smallest absolute Gasteiger partial charge is 0.0340 e. The molecule has 1 heterocycles. The zero-order chi connectivity index (χ0) is 10.5. The Bertz CT molecular complexity index is 463. The third kappa shape index (κ3) is 2.77. The molecule has 0 unspecified atom stereocenters. The molecule has 0 radical (unpaired) electrons. The summed E-state index contributed by atoms with van der Waals surface area (Å²) in [6.07, 6.45) is 7.73. The summed E-state index contributed by atoms with van der Waals surface area (Å²) in [6, 6.07) is 12.1. The van der Waals surface area contributed by atoms with Crippen molar-refractivity contribution >= 4 is 28.1 Å². The summed E-state index contributed by atoms with van der Waals surface area (Å²) in [7, 11) is 0. The largest absolute Gasteiger partial charge is 0.264 e. The highest BCUT2D eigenvalue weighted by atomic mass is 79.9. The summed E-state index contributed by atoms with van der Waals surface area (Å²) in [6.45, 7) is 0. The lowest BCUT2D eigenvalue weighted by Crippen LogP contribution is -1.75. The molecular formula is C13H10BrN. The Kier molecular flexibility index (Phi) is 3.30. The fourth-order valence-corrected chi connectivity index (χ4v) is 1.69. The fraction of sp³-hybridized carbons (Fsp3) is 0. The van der Waals surface area contributed by atoms with Crippen molar-refractivity contribution in [3.63, 3.8) is 0 Å². The molecule has 0 aliphatic rings. The Hall–Kier alpha value is -1.41. The Morgan fingerprint density at radius 2 is 1.87 bits per heavy atom. The van der Waals surface area contributed by atoms with E-state index in [1.165, 1.54) is 5.56 Å². The van der Waals surface area contributed by atoms with Crippen molar-refractivity contribution in [1.82, 2.24) is 4.98 Å². The molecule has 2 heteroatoms. The first-order chi connectivity index (χ1) is 7.36. The SMILES string of the molecule is Brc1ccccc1C=Cc1cccnc1. The molecule has 1 nitrogen and oxygen atoms in total. The highest BCUT2D eigenvalue weighted by molar-refractivity contribution is 9.10. The Morgan fingerprint density at radius 3 is 2.60 bits per heavy atom. The van der Waals surface area contributed by atoms with Gasteiger partial charge < -0.3 is 0 Å². The van der Waals surface area contributed by atoms with Crippen molar-refractivity contribution < 1.29 is 0 Å². The molecule has 2 aromatic rings. The lowest BCUT2D eigenvalue weighted by molar-refractivity contribution is 1.32. The van der Waals surface area contributed by atoms with Crippen molar-refractivity contribution in [2.45, 2.75) is 0 Å². The zero-order valence-corrected chi connectivity index (χ0v) is 9.68. The van der Waals surface area contributed by atoms with Gasteiger partial charge in [0.25, 0.3) is 0 Å². The van der Waals surface area contributed by atoms with Crippen LogP contribution in [0, 0.1) is 0 Å². The molecule has 74 valence electrons. The van der Waals surface area contributed by atoms with Gasteiger partial charge in [-0.2, -0.15) is 0 Å². The minimum Gasteiger partial charge on any atom is -0.264 e. The highest BCUT2D eigenvalue weighted by Crippen LogP contribution is 2.18. The van der Waals surface area contributed by atoms with E-state index < -0.39 is 0 Å². The van der Waals surface area contributed by atoms with Crippen LogP contribution in [0.5, 0.6) is 0 Å². The average molecular weight is 260 g/mol. The third-order valence-electron chi connectivity index (χ3n) is 2.04. The number of pyridine rings is 1. The second-order valence-corrected chi connectivity index (χ2v) is 4.00. The second kappa shape index (κ2) is 4.89. The zero-order valence-electron chi connectivity index (χ0n) is 8.10. The highest BCUT2D eigenvalue weighted by Gasteiger charge is 1.92. The first kappa shape index (κ1) is 10.1. The molecule has 15 heavy (non-hydrogen) atoms. The van der Waals surface area contributed by atoms with Gasteiger partial charge in [-0.15, -0.1) is 0 Å². The number of nitrogens with zero attached hydrogens (tertiary/aromatic N) is 1. The first-order valence-corrected chi connectivity index (χ1v) is 5.48. The molecule has 0 saturated heterocycles. The van der Waals surface area contributed by atoms with Crippen LogP contribution in [-0.4, -0.2) is 4.98 Å². The molecular weight excluding hydrogens is 250 g/mol. The molecule has 0 atom stereocenters. The summed E-state index contributed by atoms with van der Waals surface area (Å²) in [4.78, 5) is 4.06. The van der Waals surface area contributed by atoms with E-state index in [2.05, 4.69) is 33.1 Å². The summed E-state index contributed by atoms with van der Waals surface area (Å²) in [5.41, 5.74) is 2.27. The van der Waals surface area contributed by atoms with Gasteiger partial charge in [-0.05, 0) is 23.3 Å². The van der Waals surface area contributed by atoms with Crippen LogP contribution in [0.2, 0.25) is 0 Å². The van der Waals surface area contributed by atoms with Crippen LogP contribution in [0.4, 0.5) is 0 Å². The molecule has 0 amide bonds. The number of rotatable bonds is 2. The molecule has 1 aromatic carbocycles. The van der Waals surface area contributed by atoms with Crippen molar-refractivity contribution in [2.24, 2.45) is 0 Å². The van der Waals surface area contributed by atoms with Crippen LogP contribution in [0.25, 0.3) is 12.2 Å². The van der Waals surface area contributed by atoms with E-state index in [4.69, 9.17) is 0 Å². The Balaban J connectivity index is 2.23. The van der Waals surface area contributed by atoms with Crippen LogP contribution in [0.3, 0.4) is 0 Å². The lowest BCUT2D eigenvalue weighted by Gasteiger charge is -1.96. The number of benzene rings is 1. The van der Waals surface area contributed by atoms with E-state index in [9.17, 15) is 0 Å². The van der Waals surface area contributed by atoms with Crippen LogP contribution in [0.15, 0.2) is 53.3 Å². The van der Waals surface area contributed by atoms with E-state index in [0.717, 1.165) is 10.0 Å². The van der Waals surface area contributed by atoms with Gasteiger partial charge in [0, 0.05) is 16.9 Å². The quantitative estimate of drug-likeness (QED) is 0.794. The number of hydrogen-bond donors (Lipinski definition) is 0. The van der Waals surface area contributed by atoms with Crippen molar-refractivity contribution in [1.29, 1.82) is 0 Å². The standard InChI is InChI=1S/C13H10BrN/c14-13-6-2-1-5-12(13)8-7-11-4-3-9-15-10-11/h1-10H. The molecule has 0 spiro atoms. The van der Waals surface area contributed by atoms with E-state index in [-0.39, 0.29) is 0 Å². The minimum atomic E-state index is 1.10. The molecule has 1 aromatic heterocycles. The summed E-state index contributed by atoms with van der Waals surface area (Å²) < 4.78 is 1.10. The predicted octanol–water partition coefficient (Wildman–Crippen LogP) is 4.01. The van der Waals surface area contributed by atoms with Gasteiger partial charge in [0.1, 0.15) is 0 Å². The minimum absolute atomic E-state index is 1.10. The van der Waals surface area contributed by atoms with E-state index in [0.29, 0.717) is 0 Å². The molecule has 0 aliphatic carbocycles. The summed E-state index contributed by atoms with van der Waals surface area (Å²) in [5.74, 6) is 0. The normalized spacial score (nSPS) is 10.7. The van der Waals surface area contributed by atoms with Gasteiger partial charge in [0.2, 0.25) is 0 Å². The Morgan fingerprint density at radius 1 is 1.00 bits per heavy atom. The van der Waals surface area contributed by atoms with E-state index in [1.54, 1.807) is 6.20 Å². The maximum Gasteiger partial charge on any atom is 0.0340 e. The third-order valence-corrected chi connectivity index (χ3v) is 2.77. The van der Waals surface area contributed by atoms with Crippen molar-refractivity contribution in [2.75, 3.05) is 0 Å².